The summed E-state index contributed by atoms with van der Waals surface area (Å²) in [5.41, 5.74) is 0. The smallest absolute Gasteiger partial charge is 0.230 e. The first-order chi connectivity index (χ1) is 9.60. The fraction of sp³-hybridized carbons (Fsp3) is 0.923. The Bertz CT molecular complexity index is 398. The predicted molar refractivity (Wildman–Crippen MR) is 68.5 cm³/mol. The molecule has 2 atom stereocenters. The Hall–Kier alpha value is -1.21. The summed E-state index contributed by atoms with van der Waals surface area (Å²) in [6.07, 6.45) is 4.05. The number of nitrogens with zero attached hydrogens (tertiary/aromatic N) is 1. The van der Waals surface area contributed by atoms with Gasteiger partial charge in [0.05, 0.1) is 13.2 Å². The van der Waals surface area contributed by atoms with E-state index in [1.807, 2.05) is 0 Å². The Kier molecular flexibility index (Phi) is 3.64. The number of carbonyl (C=O) groups is 1. The van der Waals surface area contributed by atoms with E-state index >= 15 is 0 Å². The first kappa shape index (κ1) is 13.8. The van der Waals surface area contributed by atoms with Crippen LogP contribution in [0.15, 0.2) is 0 Å². The van der Waals surface area contributed by atoms with E-state index in [4.69, 9.17) is 9.47 Å². The van der Waals surface area contributed by atoms with E-state index in [0.717, 1.165) is 25.7 Å². The van der Waals surface area contributed by atoms with E-state index in [9.17, 15) is 14.9 Å². The molecule has 0 radical (unpaired) electrons. The van der Waals surface area contributed by atoms with E-state index in [0.29, 0.717) is 32.1 Å². The topological polar surface area (TPSA) is 90.7 Å². The molecule has 1 aliphatic heterocycles. The van der Waals surface area contributed by atoms with Crippen molar-refractivity contribution in [3.63, 3.8) is 0 Å². The Morgan fingerprint density at radius 2 is 1.95 bits per heavy atom. The van der Waals surface area contributed by atoms with Gasteiger partial charge >= 0.3 is 0 Å². The molecule has 20 heavy (non-hydrogen) atoms. The summed E-state index contributed by atoms with van der Waals surface area (Å²) in [6, 6.07) is -0.662. The summed E-state index contributed by atoms with van der Waals surface area (Å²) >= 11 is 0. The summed E-state index contributed by atoms with van der Waals surface area (Å²) in [7, 11) is 0. The van der Waals surface area contributed by atoms with Crippen LogP contribution in [-0.4, -0.2) is 42.4 Å². The van der Waals surface area contributed by atoms with Gasteiger partial charge in [-0.3, -0.25) is 14.9 Å². The second-order valence-electron chi connectivity index (χ2n) is 5.99. The molecule has 0 bridgehead atoms. The van der Waals surface area contributed by atoms with Crippen molar-refractivity contribution in [1.29, 1.82) is 0 Å². The van der Waals surface area contributed by atoms with Crippen molar-refractivity contribution in [3.8, 4) is 0 Å². The molecule has 2 saturated carbocycles. The van der Waals surface area contributed by atoms with Gasteiger partial charge in [0, 0.05) is 30.7 Å². The highest BCUT2D eigenvalue weighted by molar-refractivity contribution is 5.81. The number of hydrogen-bond donors (Lipinski definition) is 1. The zero-order chi connectivity index (χ0) is 14.2. The molecule has 1 heterocycles. The first-order valence-electron chi connectivity index (χ1n) is 7.29. The van der Waals surface area contributed by atoms with Crippen LogP contribution < -0.4 is 5.32 Å². The van der Waals surface area contributed by atoms with Crippen LogP contribution in [-0.2, 0) is 14.3 Å². The van der Waals surface area contributed by atoms with E-state index in [1.54, 1.807) is 0 Å². The van der Waals surface area contributed by atoms with Gasteiger partial charge in [-0.2, -0.15) is 0 Å². The minimum Gasteiger partial charge on any atom is -0.355 e. The molecule has 7 nitrogen and oxygen atoms in total. The van der Waals surface area contributed by atoms with Gasteiger partial charge in [-0.25, -0.2) is 0 Å². The molecule has 1 saturated heterocycles. The van der Waals surface area contributed by atoms with Crippen molar-refractivity contribution in [2.24, 2.45) is 11.8 Å². The van der Waals surface area contributed by atoms with Crippen molar-refractivity contribution in [2.75, 3.05) is 19.8 Å². The molecule has 0 aromatic heterocycles. The molecule has 3 fully saturated rings. The molecular weight excluding hydrogens is 264 g/mol. The van der Waals surface area contributed by atoms with Gasteiger partial charge in [0.2, 0.25) is 11.9 Å². The third-order valence-corrected chi connectivity index (χ3v) is 4.61. The molecule has 3 rings (SSSR count). The zero-order valence-electron chi connectivity index (χ0n) is 11.4. The molecule has 0 unspecified atom stereocenters. The molecule has 0 aromatic rings. The van der Waals surface area contributed by atoms with Crippen LogP contribution in [0.3, 0.4) is 0 Å². The van der Waals surface area contributed by atoms with Crippen molar-refractivity contribution < 1.29 is 19.2 Å². The summed E-state index contributed by atoms with van der Waals surface area (Å²) in [4.78, 5) is 21.9. The number of carbonyl (C=O) groups excluding carboxylic acids is 1. The van der Waals surface area contributed by atoms with Crippen molar-refractivity contribution >= 4 is 5.91 Å². The first-order valence-corrected chi connectivity index (χ1v) is 7.29. The maximum absolute atomic E-state index is 11.7. The summed E-state index contributed by atoms with van der Waals surface area (Å²) in [5, 5.41) is 13.4. The monoisotopic (exact) mass is 284 g/mol. The van der Waals surface area contributed by atoms with Crippen LogP contribution in [0.5, 0.6) is 0 Å². The Morgan fingerprint density at radius 3 is 2.50 bits per heavy atom. The van der Waals surface area contributed by atoms with Crippen LogP contribution >= 0.6 is 0 Å². The standard InChI is InChI=1S/C13H20N2O5/c16-12(10-7-11(10)15(17)18)14-8-9-1-3-13(4-2-9)19-5-6-20-13/h9-11H,1-8H2,(H,14,16)/t10-,11+/m1/s1. The van der Waals surface area contributed by atoms with Crippen LogP contribution in [0.4, 0.5) is 0 Å². The van der Waals surface area contributed by atoms with Crippen molar-refractivity contribution in [1.82, 2.24) is 5.32 Å². The average molecular weight is 284 g/mol. The largest absolute Gasteiger partial charge is 0.355 e. The zero-order valence-corrected chi connectivity index (χ0v) is 11.4. The lowest BCUT2D eigenvalue weighted by Gasteiger charge is -2.35. The van der Waals surface area contributed by atoms with E-state index in [-0.39, 0.29) is 16.6 Å². The molecule has 1 N–H and O–H groups in total. The summed E-state index contributed by atoms with van der Waals surface area (Å²) < 4.78 is 11.3. The minimum atomic E-state index is -0.662. The molecule has 112 valence electrons. The van der Waals surface area contributed by atoms with E-state index < -0.39 is 12.0 Å². The number of rotatable bonds is 4. The lowest BCUT2D eigenvalue weighted by Crippen LogP contribution is -2.39. The quantitative estimate of drug-likeness (QED) is 0.606. The third-order valence-electron chi connectivity index (χ3n) is 4.61. The number of amides is 1. The van der Waals surface area contributed by atoms with Crippen LogP contribution in [0.25, 0.3) is 0 Å². The van der Waals surface area contributed by atoms with Crippen LogP contribution in [0.1, 0.15) is 32.1 Å². The molecule has 1 spiro atoms. The molecule has 0 aromatic carbocycles. The number of nitro groups is 1. The fourth-order valence-electron chi connectivity index (χ4n) is 3.18. The molecule has 7 heteroatoms. The average Bonchev–Trinajstić information content (AvgIpc) is 3.14. The highest BCUT2D eigenvalue weighted by atomic mass is 16.7. The molecular formula is C13H20N2O5. The lowest BCUT2D eigenvalue weighted by atomic mass is 9.85. The van der Waals surface area contributed by atoms with Crippen LogP contribution in [0, 0.1) is 22.0 Å². The Balaban J connectivity index is 1.38. The Morgan fingerprint density at radius 1 is 1.30 bits per heavy atom. The number of hydrogen-bond acceptors (Lipinski definition) is 5. The minimum absolute atomic E-state index is 0.166. The van der Waals surface area contributed by atoms with Gasteiger partial charge in [0.25, 0.3) is 0 Å². The van der Waals surface area contributed by atoms with E-state index in [2.05, 4.69) is 5.32 Å². The van der Waals surface area contributed by atoms with E-state index in [1.165, 1.54) is 0 Å². The molecule has 2 aliphatic carbocycles. The Labute approximate surface area is 117 Å². The van der Waals surface area contributed by atoms with Gasteiger partial charge < -0.3 is 14.8 Å². The predicted octanol–water partition coefficient (Wildman–Crippen LogP) is 0.701. The van der Waals surface area contributed by atoms with Crippen molar-refractivity contribution in [2.45, 2.75) is 43.9 Å². The molecule has 3 aliphatic rings. The second kappa shape index (κ2) is 5.29. The maximum atomic E-state index is 11.7. The van der Waals surface area contributed by atoms with Gasteiger partial charge in [-0.15, -0.1) is 0 Å². The van der Waals surface area contributed by atoms with Gasteiger partial charge in [0.15, 0.2) is 5.79 Å². The van der Waals surface area contributed by atoms with Gasteiger partial charge in [0.1, 0.15) is 5.92 Å². The lowest BCUT2D eigenvalue weighted by molar-refractivity contribution is -0.497. The number of ether oxygens (including phenoxy) is 2. The fourth-order valence-corrected chi connectivity index (χ4v) is 3.18. The van der Waals surface area contributed by atoms with Crippen LogP contribution in [0.2, 0.25) is 0 Å². The SMILES string of the molecule is O=C(NCC1CCC2(CC1)OCCO2)[C@@H]1C[C@@H]1[N+](=O)[O-]. The van der Waals surface area contributed by atoms with Gasteiger partial charge in [-0.05, 0) is 18.8 Å². The summed E-state index contributed by atoms with van der Waals surface area (Å²) in [5.74, 6) is -0.528. The summed E-state index contributed by atoms with van der Waals surface area (Å²) in [6.45, 7) is 1.95. The highest BCUT2D eigenvalue weighted by Gasteiger charge is 2.53. The highest BCUT2D eigenvalue weighted by Crippen LogP contribution is 2.38. The third kappa shape index (κ3) is 2.78. The number of nitrogens with one attached hydrogen (secondary N) is 1. The molecule has 1 amide bonds. The maximum Gasteiger partial charge on any atom is 0.230 e. The van der Waals surface area contributed by atoms with Crippen molar-refractivity contribution in [3.05, 3.63) is 10.1 Å². The van der Waals surface area contributed by atoms with Gasteiger partial charge in [-0.1, -0.05) is 0 Å². The normalized spacial score (nSPS) is 32.2. The second-order valence-corrected chi connectivity index (χ2v) is 5.99.